The zero-order chi connectivity index (χ0) is 14.2. The van der Waals surface area contributed by atoms with Crippen LogP contribution in [0, 0.1) is 0 Å². The smallest absolute Gasteiger partial charge is 0.107 e. The Balaban J connectivity index is 1.88. The van der Waals surface area contributed by atoms with Gasteiger partial charge in [0.05, 0.1) is 0 Å². The number of anilines is 1. The van der Waals surface area contributed by atoms with Gasteiger partial charge in [-0.1, -0.05) is 60.7 Å². The average molecular weight is 275 g/mol. The van der Waals surface area contributed by atoms with E-state index in [0.717, 1.165) is 40.6 Å². The number of para-hydroxylation sites is 1. The summed E-state index contributed by atoms with van der Waals surface area (Å²) in [5.74, 6) is 0. The van der Waals surface area contributed by atoms with Gasteiger partial charge in [0.25, 0.3) is 0 Å². The lowest BCUT2D eigenvalue weighted by Crippen LogP contribution is -2.04. The molecule has 0 saturated carbocycles. The molecule has 0 radical (unpaired) electrons. The normalized spacial score (nSPS) is 14.7. The van der Waals surface area contributed by atoms with Crippen LogP contribution < -0.4 is 5.32 Å². The van der Waals surface area contributed by atoms with E-state index in [1.54, 1.807) is 0 Å². The molecule has 2 heteroatoms. The summed E-state index contributed by atoms with van der Waals surface area (Å²) in [4.78, 5) is 0. The van der Waals surface area contributed by atoms with Crippen molar-refractivity contribution in [2.24, 2.45) is 0 Å². The Morgan fingerprint density at radius 1 is 0.857 bits per heavy atom. The Hall–Kier alpha value is -2.32. The highest BCUT2D eigenvalue weighted by Crippen LogP contribution is 2.36. The zero-order valence-electron chi connectivity index (χ0n) is 11.7. The first kappa shape index (κ1) is 12.4. The fourth-order valence-electron chi connectivity index (χ4n) is 3.25. The Morgan fingerprint density at radius 2 is 1.62 bits per heavy atom. The summed E-state index contributed by atoms with van der Waals surface area (Å²) < 4.78 is 0. The SMILES string of the molecule is OC(c1cccc2c1NCC2)c1cccc2ccccc12. The molecule has 0 fully saturated rings. The number of aliphatic hydroxyl groups is 1. The lowest BCUT2D eigenvalue weighted by molar-refractivity contribution is 0.222. The molecular formula is C19H17NO. The van der Waals surface area contributed by atoms with Gasteiger partial charge in [-0.3, -0.25) is 0 Å². The van der Waals surface area contributed by atoms with Crippen molar-refractivity contribution in [3.63, 3.8) is 0 Å². The molecule has 0 spiro atoms. The number of benzene rings is 3. The van der Waals surface area contributed by atoms with Crippen LogP contribution in [-0.2, 0) is 6.42 Å². The lowest BCUT2D eigenvalue weighted by atomic mass is 9.94. The predicted octanol–water partition coefficient (Wildman–Crippen LogP) is 3.89. The Bertz CT molecular complexity index is 804. The number of nitrogens with one attached hydrogen (secondary N) is 1. The maximum Gasteiger partial charge on any atom is 0.107 e. The molecule has 1 aliphatic rings. The van der Waals surface area contributed by atoms with Crippen LogP contribution >= 0.6 is 0 Å². The standard InChI is InChI=1S/C19H17NO/c21-19(17-10-4-7-14-11-12-20-18(14)17)16-9-3-6-13-5-1-2-8-15(13)16/h1-10,19-21H,11-12H2. The largest absolute Gasteiger partial charge is 0.384 e. The zero-order valence-corrected chi connectivity index (χ0v) is 11.7. The Labute approximate surface area is 124 Å². The molecule has 3 aromatic rings. The minimum Gasteiger partial charge on any atom is -0.384 e. The molecular weight excluding hydrogens is 258 g/mol. The van der Waals surface area contributed by atoms with E-state index >= 15 is 0 Å². The molecule has 1 aliphatic heterocycles. The van der Waals surface area contributed by atoms with Crippen molar-refractivity contribution >= 4 is 16.5 Å². The molecule has 104 valence electrons. The van der Waals surface area contributed by atoms with E-state index in [0.29, 0.717) is 0 Å². The van der Waals surface area contributed by atoms with Gasteiger partial charge in [-0.2, -0.15) is 0 Å². The molecule has 21 heavy (non-hydrogen) atoms. The van der Waals surface area contributed by atoms with Gasteiger partial charge >= 0.3 is 0 Å². The first-order valence-corrected chi connectivity index (χ1v) is 7.36. The second-order valence-electron chi connectivity index (χ2n) is 5.53. The predicted molar refractivity (Wildman–Crippen MR) is 86.6 cm³/mol. The molecule has 0 aromatic heterocycles. The van der Waals surface area contributed by atoms with Crippen molar-refractivity contribution in [2.75, 3.05) is 11.9 Å². The van der Waals surface area contributed by atoms with E-state index in [2.05, 4.69) is 29.6 Å². The van der Waals surface area contributed by atoms with Crippen LogP contribution in [0.5, 0.6) is 0 Å². The van der Waals surface area contributed by atoms with Crippen LogP contribution in [0.3, 0.4) is 0 Å². The van der Waals surface area contributed by atoms with Crippen molar-refractivity contribution < 1.29 is 5.11 Å². The summed E-state index contributed by atoms with van der Waals surface area (Å²) in [6.45, 7) is 0.953. The monoisotopic (exact) mass is 275 g/mol. The Kier molecular flexibility index (Phi) is 2.90. The molecule has 0 amide bonds. The minimum absolute atomic E-state index is 0.600. The Morgan fingerprint density at radius 3 is 2.57 bits per heavy atom. The second kappa shape index (κ2) is 4.90. The first-order chi connectivity index (χ1) is 10.3. The summed E-state index contributed by atoms with van der Waals surface area (Å²) >= 11 is 0. The number of rotatable bonds is 2. The van der Waals surface area contributed by atoms with Crippen LogP contribution in [0.1, 0.15) is 22.8 Å². The molecule has 1 heterocycles. The van der Waals surface area contributed by atoms with Gasteiger partial charge in [0, 0.05) is 17.8 Å². The molecule has 0 bridgehead atoms. The van der Waals surface area contributed by atoms with Crippen molar-refractivity contribution in [1.82, 2.24) is 0 Å². The van der Waals surface area contributed by atoms with Crippen molar-refractivity contribution in [3.05, 3.63) is 77.4 Å². The summed E-state index contributed by atoms with van der Waals surface area (Å²) in [6, 6.07) is 20.5. The van der Waals surface area contributed by atoms with Crippen LogP contribution in [0.4, 0.5) is 5.69 Å². The van der Waals surface area contributed by atoms with Gasteiger partial charge in [-0.05, 0) is 28.3 Å². The molecule has 2 N–H and O–H groups in total. The molecule has 1 atom stereocenters. The maximum atomic E-state index is 10.9. The van der Waals surface area contributed by atoms with Gasteiger partial charge in [-0.15, -0.1) is 0 Å². The molecule has 2 nitrogen and oxygen atoms in total. The van der Waals surface area contributed by atoms with Gasteiger partial charge in [0.1, 0.15) is 6.10 Å². The van der Waals surface area contributed by atoms with E-state index in [4.69, 9.17) is 0 Å². The fourth-order valence-corrected chi connectivity index (χ4v) is 3.25. The van der Waals surface area contributed by atoms with E-state index in [9.17, 15) is 5.11 Å². The molecule has 1 unspecified atom stereocenters. The third kappa shape index (κ3) is 1.99. The van der Waals surface area contributed by atoms with Crippen LogP contribution in [0.15, 0.2) is 60.7 Å². The number of fused-ring (bicyclic) bond motifs is 2. The number of hydrogen-bond acceptors (Lipinski definition) is 2. The fraction of sp³-hybridized carbons (Fsp3) is 0.158. The van der Waals surface area contributed by atoms with E-state index < -0.39 is 6.10 Å². The minimum atomic E-state index is -0.600. The van der Waals surface area contributed by atoms with Crippen LogP contribution in [0.2, 0.25) is 0 Å². The third-order valence-electron chi connectivity index (χ3n) is 4.29. The summed E-state index contributed by atoms with van der Waals surface area (Å²) in [5.41, 5.74) is 4.35. The highest BCUT2D eigenvalue weighted by Gasteiger charge is 2.21. The molecule has 0 aliphatic carbocycles. The lowest BCUT2D eigenvalue weighted by Gasteiger charge is -2.17. The average Bonchev–Trinajstić information content (AvgIpc) is 3.02. The summed E-state index contributed by atoms with van der Waals surface area (Å²) in [5, 5.41) is 16.6. The summed E-state index contributed by atoms with van der Waals surface area (Å²) in [6.07, 6.45) is 0.433. The van der Waals surface area contributed by atoms with Gasteiger partial charge in [-0.25, -0.2) is 0 Å². The van der Waals surface area contributed by atoms with Crippen LogP contribution in [0.25, 0.3) is 10.8 Å². The molecule has 3 aromatic carbocycles. The van der Waals surface area contributed by atoms with E-state index in [1.165, 1.54) is 5.56 Å². The third-order valence-corrected chi connectivity index (χ3v) is 4.29. The highest BCUT2D eigenvalue weighted by atomic mass is 16.3. The molecule has 0 saturated heterocycles. The quantitative estimate of drug-likeness (QED) is 0.743. The second-order valence-corrected chi connectivity index (χ2v) is 5.53. The summed E-state index contributed by atoms with van der Waals surface area (Å²) in [7, 11) is 0. The maximum absolute atomic E-state index is 10.9. The van der Waals surface area contributed by atoms with Crippen molar-refractivity contribution in [3.8, 4) is 0 Å². The van der Waals surface area contributed by atoms with Gasteiger partial charge < -0.3 is 10.4 Å². The topological polar surface area (TPSA) is 32.3 Å². The van der Waals surface area contributed by atoms with Gasteiger partial charge in [0.15, 0.2) is 0 Å². The van der Waals surface area contributed by atoms with Crippen molar-refractivity contribution in [1.29, 1.82) is 0 Å². The van der Waals surface area contributed by atoms with E-state index in [-0.39, 0.29) is 0 Å². The number of hydrogen-bond donors (Lipinski definition) is 2. The highest BCUT2D eigenvalue weighted by molar-refractivity contribution is 5.86. The first-order valence-electron chi connectivity index (χ1n) is 7.36. The van der Waals surface area contributed by atoms with E-state index in [1.807, 2.05) is 36.4 Å². The van der Waals surface area contributed by atoms with Crippen LogP contribution in [-0.4, -0.2) is 11.7 Å². The molecule has 4 rings (SSSR count). The van der Waals surface area contributed by atoms with Crippen molar-refractivity contribution in [2.45, 2.75) is 12.5 Å². The number of aliphatic hydroxyl groups excluding tert-OH is 1. The van der Waals surface area contributed by atoms with Gasteiger partial charge in [0.2, 0.25) is 0 Å².